The number of hydrogen-bond acceptors (Lipinski definition) is 3. The van der Waals surface area contributed by atoms with Gasteiger partial charge in [0.2, 0.25) is 0 Å². The summed E-state index contributed by atoms with van der Waals surface area (Å²) in [6.07, 6.45) is 7.07. The Hall–Kier alpha value is -0.120. The van der Waals surface area contributed by atoms with Crippen LogP contribution in [0.1, 0.15) is 32.1 Å². The molecule has 0 spiro atoms. The van der Waals surface area contributed by atoms with Crippen molar-refractivity contribution in [2.45, 2.75) is 32.1 Å². The van der Waals surface area contributed by atoms with Crippen molar-refractivity contribution in [3.05, 3.63) is 0 Å². The number of hydrazine groups is 1. The highest BCUT2D eigenvalue weighted by Crippen LogP contribution is 2.22. The first kappa shape index (κ1) is 8.97. The topological polar surface area (TPSA) is 50.1 Å². The van der Waals surface area contributed by atoms with Crippen LogP contribution in [0.5, 0.6) is 0 Å². The van der Waals surface area contributed by atoms with Gasteiger partial charge in [0.1, 0.15) is 0 Å². The third-order valence-electron chi connectivity index (χ3n) is 2.38. The van der Waals surface area contributed by atoms with Gasteiger partial charge < -0.3 is 5.32 Å². The molecule has 1 aliphatic carbocycles. The first-order chi connectivity index (χ1) is 5.43. The van der Waals surface area contributed by atoms with E-state index in [1.165, 1.54) is 32.1 Å². The largest absolute Gasteiger partial charge is 0.303 e. The van der Waals surface area contributed by atoms with Crippen LogP contribution in [0.15, 0.2) is 0 Å². The molecular weight excluding hydrogens is 138 g/mol. The van der Waals surface area contributed by atoms with E-state index in [-0.39, 0.29) is 0 Å². The van der Waals surface area contributed by atoms with Gasteiger partial charge >= 0.3 is 0 Å². The average Bonchev–Trinajstić information content (AvgIpc) is 2.07. The van der Waals surface area contributed by atoms with Gasteiger partial charge in [0.15, 0.2) is 0 Å². The van der Waals surface area contributed by atoms with Crippen LogP contribution in [0.3, 0.4) is 0 Å². The second-order valence-electron chi connectivity index (χ2n) is 3.34. The average molecular weight is 157 g/mol. The molecule has 0 aromatic rings. The third kappa shape index (κ3) is 3.70. The Morgan fingerprint density at radius 3 is 2.55 bits per heavy atom. The highest BCUT2D eigenvalue weighted by atomic mass is 15.3. The summed E-state index contributed by atoms with van der Waals surface area (Å²) in [6.45, 7) is 1.86. The molecule has 4 N–H and O–H groups in total. The molecule has 0 radical (unpaired) electrons. The molecule has 0 aliphatic heterocycles. The molecule has 0 bridgehead atoms. The highest BCUT2D eigenvalue weighted by molar-refractivity contribution is 4.67. The zero-order valence-electron chi connectivity index (χ0n) is 7.10. The van der Waals surface area contributed by atoms with Crippen molar-refractivity contribution >= 4 is 0 Å². The van der Waals surface area contributed by atoms with Gasteiger partial charge in [0.05, 0.1) is 6.67 Å². The van der Waals surface area contributed by atoms with E-state index >= 15 is 0 Å². The van der Waals surface area contributed by atoms with E-state index < -0.39 is 0 Å². The Bertz CT molecular complexity index is 89.3. The molecule has 1 fully saturated rings. The van der Waals surface area contributed by atoms with Crippen molar-refractivity contribution in [1.82, 2.24) is 10.7 Å². The Kier molecular flexibility index (Phi) is 4.50. The molecule has 1 aliphatic rings. The summed E-state index contributed by atoms with van der Waals surface area (Å²) in [5.41, 5.74) is 2.60. The normalized spacial score (nSPS) is 20.5. The molecule has 3 heteroatoms. The Morgan fingerprint density at radius 2 is 1.91 bits per heavy atom. The molecule has 66 valence electrons. The first-order valence-electron chi connectivity index (χ1n) is 4.57. The van der Waals surface area contributed by atoms with E-state index in [0.29, 0.717) is 0 Å². The van der Waals surface area contributed by atoms with Crippen molar-refractivity contribution in [2.75, 3.05) is 13.2 Å². The minimum absolute atomic E-state index is 0.733. The van der Waals surface area contributed by atoms with E-state index in [2.05, 4.69) is 10.7 Å². The van der Waals surface area contributed by atoms with E-state index in [9.17, 15) is 0 Å². The number of rotatable bonds is 4. The fraction of sp³-hybridized carbons (Fsp3) is 1.00. The standard InChI is InChI=1S/C8H19N3/c9-11-7-10-6-8-4-2-1-3-5-8/h8,10-11H,1-7,9H2. The van der Waals surface area contributed by atoms with Gasteiger partial charge in [-0.25, -0.2) is 5.43 Å². The van der Waals surface area contributed by atoms with Crippen LogP contribution >= 0.6 is 0 Å². The smallest absolute Gasteiger partial charge is 0.0587 e. The van der Waals surface area contributed by atoms with Gasteiger partial charge in [0, 0.05) is 0 Å². The lowest BCUT2D eigenvalue weighted by Crippen LogP contribution is -2.36. The molecule has 1 saturated carbocycles. The van der Waals surface area contributed by atoms with Crippen molar-refractivity contribution in [1.29, 1.82) is 0 Å². The molecule has 3 nitrogen and oxygen atoms in total. The van der Waals surface area contributed by atoms with Gasteiger partial charge in [-0.1, -0.05) is 19.3 Å². The highest BCUT2D eigenvalue weighted by Gasteiger charge is 2.11. The van der Waals surface area contributed by atoms with Crippen LogP contribution < -0.4 is 16.6 Å². The zero-order chi connectivity index (χ0) is 7.94. The third-order valence-corrected chi connectivity index (χ3v) is 2.38. The fourth-order valence-corrected chi connectivity index (χ4v) is 1.74. The summed E-state index contributed by atoms with van der Waals surface area (Å²) >= 11 is 0. The SMILES string of the molecule is NNCNCC1CCCCC1. The molecule has 11 heavy (non-hydrogen) atoms. The van der Waals surface area contributed by atoms with Crippen LogP contribution in [0.4, 0.5) is 0 Å². The van der Waals surface area contributed by atoms with Crippen molar-refractivity contribution in [3.63, 3.8) is 0 Å². The quantitative estimate of drug-likeness (QED) is 0.242. The van der Waals surface area contributed by atoms with E-state index in [1.54, 1.807) is 0 Å². The molecule has 0 saturated heterocycles. The number of hydrogen-bond donors (Lipinski definition) is 3. The fourth-order valence-electron chi connectivity index (χ4n) is 1.74. The molecule has 0 atom stereocenters. The van der Waals surface area contributed by atoms with E-state index in [1.807, 2.05) is 0 Å². The van der Waals surface area contributed by atoms with Crippen molar-refractivity contribution in [2.24, 2.45) is 11.8 Å². The van der Waals surface area contributed by atoms with E-state index in [0.717, 1.165) is 19.1 Å². The molecular formula is C8H19N3. The Labute approximate surface area is 68.7 Å². The van der Waals surface area contributed by atoms with Gasteiger partial charge in [-0.3, -0.25) is 5.84 Å². The van der Waals surface area contributed by atoms with E-state index in [4.69, 9.17) is 5.84 Å². The van der Waals surface area contributed by atoms with Crippen molar-refractivity contribution < 1.29 is 0 Å². The summed E-state index contributed by atoms with van der Waals surface area (Å²) in [5.74, 6) is 6.03. The molecule has 0 unspecified atom stereocenters. The lowest BCUT2D eigenvalue weighted by atomic mass is 9.89. The van der Waals surface area contributed by atoms with Crippen LogP contribution in [0, 0.1) is 5.92 Å². The molecule has 0 aromatic heterocycles. The lowest BCUT2D eigenvalue weighted by Gasteiger charge is -2.21. The summed E-state index contributed by atoms with van der Waals surface area (Å²) in [7, 11) is 0. The van der Waals surface area contributed by atoms with Crippen molar-refractivity contribution in [3.8, 4) is 0 Å². The molecule has 0 aromatic carbocycles. The number of nitrogens with two attached hydrogens (primary N) is 1. The first-order valence-corrected chi connectivity index (χ1v) is 4.57. The second-order valence-corrected chi connectivity index (χ2v) is 3.34. The van der Waals surface area contributed by atoms with Crippen LogP contribution in [-0.2, 0) is 0 Å². The van der Waals surface area contributed by atoms with Gasteiger partial charge in [-0.05, 0) is 25.3 Å². The maximum absolute atomic E-state index is 5.13. The summed E-state index contributed by atoms with van der Waals surface area (Å²) < 4.78 is 0. The molecule has 1 rings (SSSR count). The summed E-state index contributed by atoms with van der Waals surface area (Å²) in [6, 6.07) is 0. The predicted octanol–water partition coefficient (Wildman–Crippen LogP) is 0.577. The molecule has 0 heterocycles. The second kappa shape index (κ2) is 5.52. The number of nitrogens with one attached hydrogen (secondary N) is 2. The van der Waals surface area contributed by atoms with Gasteiger partial charge in [-0.2, -0.15) is 0 Å². The Morgan fingerprint density at radius 1 is 1.18 bits per heavy atom. The molecule has 0 amide bonds. The van der Waals surface area contributed by atoms with Crippen LogP contribution in [0.25, 0.3) is 0 Å². The lowest BCUT2D eigenvalue weighted by molar-refractivity contribution is 0.339. The maximum Gasteiger partial charge on any atom is 0.0587 e. The minimum Gasteiger partial charge on any atom is -0.303 e. The minimum atomic E-state index is 0.733. The summed E-state index contributed by atoms with van der Waals surface area (Å²) in [4.78, 5) is 0. The summed E-state index contributed by atoms with van der Waals surface area (Å²) in [5, 5.41) is 3.27. The van der Waals surface area contributed by atoms with Crippen LogP contribution in [0.2, 0.25) is 0 Å². The zero-order valence-corrected chi connectivity index (χ0v) is 7.10. The maximum atomic E-state index is 5.13. The monoisotopic (exact) mass is 157 g/mol. The van der Waals surface area contributed by atoms with Gasteiger partial charge in [0.25, 0.3) is 0 Å². The predicted molar refractivity (Wildman–Crippen MR) is 46.8 cm³/mol. The van der Waals surface area contributed by atoms with Gasteiger partial charge in [-0.15, -0.1) is 0 Å². The van der Waals surface area contributed by atoms with Crippen LogP contribution in [-0.4, -0.2) is 13.2 Å². The Balaban J connectivity index is 1.96.